The van der Waals surface area contributed by atoms with Crippen LogP contribution in [0.3, 0.4) is 0 Å². The molecule has 1 aliphatic heterocycles. The molecule has 3 rings (SSSR count). The molecule has 2 aromatic rings. The Morgan fingerprint density at radius 3 is 2.64 bits per heavy atom. The smallest absolute Gasteiger partial charge is 0.226 e. The highest BCUT2D eigenvalue weighted by atomic mass is 35.5. The maximum Gasteiger partial charge on any atom is 0.226 e. The van der Waals surface area contributed by atoms with Crippen molar-refractivity contribution in [3.63, 3.8) is 0 Å². The first-order valence-corrected chi connectivity index (χ1v) is 8.56. The minimum Gasteiger partial charge on any atom is -0.493 e. The molecule has 1 saturated heterocycles. The summed E-state index contributed by atoms with van der Waals surface area (Å²) in [4.78, 5) is 14.6. The van der Waals surface area contributed by atoms with Gasteiger partial charge in [0.2, 0.25) is 5.91 Å². The number of para-hydroxylation sites is 1. The zero-order valence-electron chi connectivity index (χ0n) is 13.9. The maximum absolute atomic E-state index is 12.7. The lowest BCUT2D eigenvalue weighted by molar-refractivity contribution is -0.135. The van der Waals surface area contributed by atoms with E-state index >= 15 is 0 Å². The van der Waals surface area contributed by atoms with Gasteiger partial charge in [0.25, 0.3) is 0 Å². The van der Waals surface area contributed by atoms with Crippen LogP contribution in [0.25, 0.3) is 0 Å². The highest BCUT2D eigenvalue weighted by molar-refractivity contribution is 6.31. The number of hydrogen-bond donors (Lipinski definition) is 1. The van der Waals surface area contributed by atoms with Gasteiger partial charge in [-0.3, -0.25) is 4.79 Å². The monoisotopic (exact) mass is 380 g/mol. The molecule has 25 heavy (non-hydrogen) atoms. The fraction of sp³-hybridized carbons (Fsp3) is 0.316. The Labute approximate surface area is 159 Å². The minimum absolute atomic E-state index is 0. The second-order valence-electron chi connectivity index (χ2n) is 5.74. The summed E-state index contributed by atoms with van der Waals surface area (Å²) >= 11 is 6.32. The predicted molar refractivity (Wildman–Crippen MR) is 103 cm³/mol. The minimum atomic E-state index is -0.0309. The summed E-state index contributed by atoms with van der Waals surface area (Å²) < 4.78 is 5.64. The number of nitrogens with zero attached hydrogens (tertiary/aromatic N) is 1. The number of benzene rings is 2. The molecule has 1 unspecified atom stereocenters. The Morgan fingerprint density at radius 2 is 1.88 bits per heavy atom. The molecule has 1 atom stereocenters. The second-order valence-corrected chi connectivity index (χ2v) is 6.15. The van der Waals surface area contributed by atoms with Crippen molar-refractivity contribution in [2.45, 2.75) is 12.5 Å². The molecule has 1 fully saturated rings. The van der Waals surface area contributed by atoms with Crippen molar-refractivity contribution in [1.82, 2.24) is 10.2 Å². The number of hydrogen-bond acceptors (Lipinski definition) is 3. The standard InChI is InChI=1S/C19H21ClN2O2.ClH/c20-17-9-5-4-8-16(17)18-14-21-11-12-22(18)19(23)10-13-24-15-6-2-1-3-7-15;/h1-9,18,21H,10-14H2;1H. The fourth-order valence-corrected chi connectivity index (χ4v) is 3.20. The summed E-state index contributed by atoms with van der Waals surface area (Å²) in [5, 5.41) is 4.04. The van der Waals surface area contributed by atoms with Crippen LogP contribution in [0.1, 0.15) is 18.0 Å². The third kappa shape index (κ3) is 5.11. The third-order valence-electron chi connectivity index (χ3n) is 4.16. The first-order chi connectivity index (χ1) is 11.8. The van der Waals surface area contributed by atoms with Crippen LogP contribution in [0.4, 0.5) is 0 Å². The topological polar surface area (TPSA) is 41.6 Å². The Balaban J connectivity index is 0.00000225. The molecular formula is C19H22Cl2N2O2. The van der Waals surface area contributed by atoms with Crippen LogP contribution in [-0.2, 0) is 4.79 Å². The zero-order valence-corrected chi connectivity index (χ0v) is 15.4. The van der Waals surface area contributed by atoms with E-state index < -0.39 is 0 Å². The molecule has 1 N–H and O–H groups in total. The molecule has 4 nitrogen and oxygen atoms in total. The quantitative estimate of drug-likeness (QED) is 0.859. The fourth-order valence-electron chi connectivity index (χ4n) is 2.94. The van der Waals surface area contributed by atoms with Gasteiger partial charge in [-0.05, 0) is 23.8 Å². The highest BCUT2D eigenvalue weighted by Crippen LogP contribution is 2.28. The molecule has 0 aliphatic carbocycles. The highest BCUT2D eigenvalue weighted by Gasteiger charge is 2.28. The molecule has 6 heteroatoms. The Kier molecular flexibility index (Phi) is 7.56. The van der Waals surface area contributed by atoms with Gasteiger partial charge in [-0.25, -0.2) is 0 Å². The lowest BCUT2D eigenvalue weighted by atomic mass is 10.0. The maximum atomic E-state index is 12.7. The van der Waals surface area contributed by atoms with Crippen LogP contribution in [0, 0.1) is 0 Å². The van der Waals surface area contributed by atoms with Crippen LogP contribution in [-0.4, -0.2) is 37.0 Å². The summed E-state index contributed by atoms with van der Waals surface area (Å²) in [6.45, 7) is 2.57. The SMILES string of the molecule is Cl.O=C(CCOc1ccccc1)N1CCNCC1c1ccccc1Cl. The summed E-state index contributed by atoms with van der Waals surface area (Å²) in [5.41, 5.74) is 0.990. The number of ether oxygens (including phenoxy) is 1. The van der Waals surface area contributed by atoms with E-state index in [2.05, 4.69) is 5.32 Å². The van der Waals surface area contributed by atoms with Crippen molar-refractivity contribution in [1.29, 1.82) is 0 Å². The van der Waals surface area contributed by atoms with E-state index in [1.807, 2.05) is 59.5 Å². The number of carbonyl (C=O) groups is 1. The van der Waals surface area contributed by atoms with E-state index in [0.717, 1.165) is 24.4 Å². The number of amides is 1. The van der Waals surface area contributed by atoms with Crippen molar-refractivity contribution in [2.24, 2.45) is 0 Å². The largest absolute Gasteiger partial charge is 0.493 e. The molecule has 1 heterocycles. The van der Waals surface area contributed by atoms with Crippen LogP contribution >= 0.6 is 24.0 Å². The van der Waals surface area contributed by atoms with Crippen LogP contribution < -0.4 is 10.1 Å². The Morgan fingerprint density at radius 1 is 1.16 bits per heavy atom. The van der Waals surface area contributed by atoms with E-state index in [9.17, 15) is 4.79 Å². The molecular weight excluding hydrogens is 359 g/mol. The van der Waals surface area contributed by atoms with Gasteiger partial charge in [0.15, 0.2) is 0 Å². The molecule has 134 valence electrons. The van der Waals surface area contributed by atoms with Crippen LogP contribution in [0.2, 0.25) is 5.02 Å². The van der Waals surface area contributed by atoms with E-state index in [1.165, 1.54) is 0 Å². The Bertz CT molecular complexity index is 682. The molecule has 1 aliphatic rings. The number of piperazine rings is 1. The summed E-state index contributed by atoms with van der Waals surface area (Å²) in [6.07, 6.45) is 0.357. The van der Waals surface area contributed by atoms with Gasteiger partial charge in [0.1, 0.15) is 5.75 Å². The number of halogens is 2. The Hall–Kier alpha value is -1.75. The van der Waals surface area contributed by atoms with Gasteiger partial charge in [-0.1, -0.05) is 48.0 Å². The van der Waals surface area contributed by atoms with Crippen molar-refractivity contribution in [3.05, 3.63) is 65.2 Å². The molecule has 0 aromatic heterocycles. The third-order valence-corrected chi connectivity index (χ3v) is 4.50. The van der Waals surface area contributed by atoms with E-state index in [4.69, 9.17) is 16.3 Å². The molecule has 2 aromatic carbocycles. The first-order valence-electron chi connectivity index (χ1n) is 8.18. The van der Waals surface area contributed by atoms with Crippen molar-refractivity contribution in [3.8, 4) is 5.75 Å². The van der Waals surface area contributed by atoms with Crippen LogP contribution in [0.15, 0.2) is 54.6 Å². The average Bonchev–Trinajstić information content (AvgIpc) is 2.63. The van der Waals surface area contributed by atoms with Gasteiger partial charge >= 0.3 is 0 Å². The molecule has 0 saturated carbocycles. The average molecular weight is 381 g/mol. The van der Waals surface area contributed by atoms with Gasteiger partial charge in [0, 0.05) is 24.7 Å². The normalized spacial score (nSPS) is 16.8. The van der Waals surface area contributed by atoms with E-state index in [-0.39, 0.29) is 24.4 Å². The van der Waals surface area contributed by atoms with Gasteiger partial charge in [-0.15, -0.1) is 12.4 Å². The first kappa shape index (κ1) is 19.6. The number of rotatable bonds is 5. The number of nitrogens with one attached hydrogen (secondary N) is 1. The van der Waals surface area contributed by atoms with E-state index in [0.29, 0.717) is 24.6 Å². The van der Waals surface area contributed by atoms with Gasteiger partial charge in [-0.2, -0.15) is 0 Å². The summed E-state index contributed by atoms with van der Waals surface area (Å²) in [6, 6.07) is 17.2. The summed E-state index contributed by atoms with van der Waals surface area (Å²) in [5.74, 6) is 0.880. The summed E-state index contributed by atoms with van der Waals surface area (Å²) in [7, 11) is 0. The second kappa shape index (κ2) is 9.66. The van der Waals surface area contributed by atoms with Crippen LogP contribution in [0.5, 0.6) is 5.75 Å². The molecule has 1 amide bonds. The zero-order chi connectivity index (χ0) is 16.8. The molecule has 0 bridgehead atoms. The van der Waals surface area contributed by atoms with E-state index in [1.54, 1.807) is 0 Å². The van der Waals surface area contributed by atoms with Crippen molar-refractivity contribution >= 4 is 29.9 Å². The molecule has 0 radical (unpaired) electrons. The van der Waals surface area contributed by atoms with Crippen molar-refractivity contribution in [2.75, 3.05) is 26.2 Å². The lowest BCUT2D eigenvalue weighted by Gasteiger charge is -2.37. The molecule has 0 spiro atoms. The van der Waals surface area contributed by atoms with Gasteiger partial charge < -0.3 is 15.0 Å². The van der Waals surface area contributed by atoms with Gasteiger partial charge in [0.05, 0.1) is 19.1 Å². The number of carbonyl (C=O) groups excluding carboxylic acids is 1. The predicted octanol–water partition coefficient (Wildman–Crippen LogP) is 3.70. The van der Waals surface area contributed by atoms with Crippen molar-refractivity contribution < 1.29 is 9.53 Å². The lowest BCUT2D eigenvalue weighted by Crippen LogP contribution is -2.49.